The lowest BCUT2D eigenvalue weighted by Gasteiger charge is -2.35. The van der Waals surface area contributed by atoms with Crippen molar-refractivity contribution >= 4 is 128 Å². The number of aromatic nitrogens is 1. The fourth-order valence-corrected chi connectivity index (χ4v) is 20.7. The summed E-state index contributed by atoms with van der Waals surface area (Å²) in [4.78, 5) is 0. The van der Waals surface area contributed by atoms with Crippen molar-refractivity contribution in [2.24, 2.45) is 0 Å². The van der Waals surface area contributed by atoms with E-state index < -0.39 is 0 Å². The highest BCUT2D eigenvalue weighted by Crippen LogP contribution is 2.51. The molecule has 5 aliphatic rings. The predicted molar refractivity (Wildman–Crippen MR) is 571 cm³/mol. The van der Waals surface area contributed by atoms with Gasteiger partial charge in [-0.3, -0.25) is 0 Å². The molecule has 0 bridgehead atoms. The molecule has 0 saturated carbocycles. The number of furan rings is 2. The Balaban J connectivity index is 0.0000000979. The predicted octanol–water partition coefficient (Wildman–Crippen LogP) is 31.3. The standard InChI is InChI=1S/C28H24.2C22H19BO2.C22H19N.2C16H16O/c1-28(2,3)19-16-17-26-24-14-7-6-12-22(24)20-10-4-5-11-21(20)23-13-8-9-15-25(23)27(26)18-19;1-22(2,3)14-12-19-21-20(13-14)25-18-11-7-5-9-16(18)23(21)15-8-4-6-10-17(15)24-19;1-22(2,3)14-12-13-19-20-21(14)25-18-11-7-5-9-16(18)23(20)15-8-4-6-10-17(15)24-19;1-22(2,3)14-12-17-15-8-4-6-10-19(15)23-20-11-7-5-9-16(20)18(13-14)21(17)23;1-16(2,3)13-9-6-8-12-11-7-4-5-10-14(11)17-15(12)13;1-16(2,3)12-8-6-10-14-15(12)11-7-4-5-9-13(11)17-14/h4-18H,1-3H3;2*4-13H,1-3H3;4-13H,1-3H3;2*4-10H,1-3H3. The van der Waals surface area contributed by atoms with Gasteiger partial charge >= 0.3 is 0 Å². The summed E-state index contributed by atoms with van der Waals surface area (Å²) in [5, 5.41) is 10.3. The molecule has 17 aromatic carbocycles. The summed E-state index contributed by atoms with van der Waals surface area (Å²) >= 11 is 0. The molecule has 0 atom stereocenters. The Labute approximate surface area is 793 Å². The SMILES string of the molecule is CC(C)(C)c1cc2c3c(c1)Oc1ccccc1B3c1ccccc1O2.CC(C)(C)c1cc2c3ccccc3n3c4ccccc4c(c1)c23.CC(C)(C)c1ccc2c(c1)-c1ccccc1-c1ccccc1-c1ccccc1-2.CC(C)(C)c1ccc2c3c1Oc1ccccc1B3c1ccccc1O2.CC(C)(C)c1cccc2c1oc1ccccc12.CC(C)(C)c1cccc2oc3ccccc3c12. The molecule has 0 radical (unpaired) electrons. The van der Waals surface area contributed by atoms with Crippen molar-refractivity contribution in [1.82, 2.24) is 4.40 Å². The third-order valence-electron chi connectivity index (χ3n) is 27.6. The Morgan fingerprint density at radius 3 is 1.06 bits per heavy atom. The highest BCUT2D eigenvalue weighted by molar-refractivity contribution is 6.99. The van der Waals surface area contributed by atoms with Crippen LogP contribution in [0.15, 0.2) is 367 Å². The van der Waals surface area contributed by atoms with E-state index in [0.717, 1.165) is 79.3 Å². The largest absolute Gasteiger partial charge is 0.458 e. The Morgan fingerprint density at radius 1 is 0.215 bits per heavy atom. The molecule has 0 fully saturated rings. The van der Waals surface area contributed by atoms with Crippen LogP contribution in [-0.4, -0.2) is 17.8 Å². The van der Waals surface area contributed by atoms with Gasteiger partial charge in [-0.25, -0.2) is 0 Å². The molecule has 21 aromatic rings. The molecule has 0 unspecified atom stereocenters. The van der Waals surface area contributed by atoms with Crippen LogP contribution in [0.1, 0.15) is 158 Å². The van der Waals surface area contributed by atoms with E-state index in [2.05, 4.69) is 426 Å². The Hall–Kier alpha value is -14.5. The van der Waals surface area contributed by atoms with Gasteiger partial charge in [0.2, 0.25) is 0 Å². The first-order chi connectivity index (χ1) is 64.8. The molecule has 135 heavy (non-hydrogen) atoms. The molecule has 4 aromatic heterocycles. The first-order valence-corrected chi connectivity index (χ1v) is 47.6. The van der Waals surface area contributed by atoms with Gasteiger partial charge in [-0.2, -0.15) is 0 Å². The minimum absolute atomic E-state index is 0.00182. The third-order valence-corrected chi connectivity index (χ3v) is 27.6. The van der Waals surface area contributed by atoms with Gasteiger partial charge < -0.3 is 32.2 Å². The van der Waals surface area contributed by atoms with Crippen LogP contribution in [0.4, 0.5) is 0 Å². The van der Waals surface area contributed by atoms with Crippen molar-refractivity contribution in [3.05, 3.63) is 391 Å². The molecule has 664 valence electrons. The Bertz CT molecular complexity index is 8040. The lowest BCUT2D eigenvalue weighted by molar-refractivity contribution is 0.446. The van der Waals surface area contributed by atoms with Crippen molar-refractivity contribution < 1.29 is 27.8 Å². The second kappa shape index (κ2) is 33.3. The van der Waals surface area contributed by atoms with Crippen LogP contribution in [0.5, 0.6) is 46.0 Å². The lowest BCUT2D eigenvalue weighted by atomic mass is 9.34. The third kappa shape index (κ3) is 15.7. The average molecular weight is 1760 g/mol. The van der Waals surface area contributed by atoms with Crippen LogP contribution >= 0.6 is 0 Å². The second-order valence-electron chi connectivity index (χ2n) is 42.9. The fourth-order valence-electron chi connectivity index (χ4n) is 20.7. The molecule has 0 saturated heterocycles. The zero-order chi connectivity index (χ0) is 93.5. The first kappa shape index (κ1) is 87.1. The van der Waals surface area contributed by atoms with Crippen molar-refractivity contribution in [3.63, 3.8) is 0 Å². The minimum Gasteiger partial charge on any atom is -0.458 e. The van der Waals surface area contributed by atoms with Gasteiger partial charge in [0, 0.05) is 59.6 Å². The van der Waals surface area contributed by atoms with Crippen LogP contribution in [-0.2, 0) is 32.5 Å². The molecule has 7 nitrogen and oxygen atoms in total. The number of benzene rings is 17. The van der Waals surface area contributed by atoms with E-state index in [0.29, 0.717) is 0 Å². The summed E-state index contributed by atoms with van der Waals surface area (Å²) in [7, 11) is 0. The normalized spacial score (nSPS) is 13.0. The second-order valence-corrected chi connectivity index (χ2v) is 42.9. The monoisotopic (exact) mass is 1760 g/mol. The van der Waals surface area contributed by atoms with E-state index in [4.69, 9.17) is 27.8 Å². The number of hydrogen-bond donors (Lipinski definition) is 0. The highest BCUT2D eigenvalue weighted by Gasteiger charge is 2.44. The van der Waals surface area contributed by atoms with Gasteiger partial charge in [0.15, 0.2) is 0 Å². The van der Waals surface area contributed by atoms with Crippen molar-refractivity contribution in [2.45, 2.75) is 157 Å². The van der Waals surface area contributed by atoms with Crippen molar-refractivity contribution in [1.29, 1.82) is 0 Å². The summed E-state index contributed by atoms with van der Waals surface area (Å²) in [5.74, 6) is 7.46. The van der Waals surface area contributed by atoms with Gasteiger partial charge in [0.1, 0.15) is 68.3 Å². The molecule has 26 rings (SSSR count). The van der Waals surface area contributed by atoms with Crippen LogP contribution in [0.2, 0.25) is 0 Å². The number of ether oxygens (including phenoxy) is 4. The molecular weight excluding hydrogens is 1650 g/mol. The maximum atomic E-state index is 6.42. The number of para-hydroxylation sites is 9. The van der Waals surface area contributed by atoms with Crippen LogP contribution in [0, 0.1) is 0 Å². The fraction of sp³-hybridized carbons (Fsp3) is 0.190. The smallest absolute Gasteiger partial charge is 0.260 e. The van der Waals surface area contributed by atoms with Gasteiger partial charge in [0.25, 0.3) is 13.4 Å². The van der Waals surface area contributed by atoms with E-state index in [-0.39, 0.29) is 45.9 Å². The number of fused-ring (bicyclic) bond motifs is 28. The molecule has 9 heteroatoms. The van der Waals surface area contributed by atoms with Crippen LogP contribution < -0.4 is 51.7 Å². The molecule has 1 aliphatic carbocycles. The summed E-state index contributed by atoms with van der Waals surface area (Å²) in [5.41, 5.74) is 33.9. The summed E-state index contributed by atoms with van der Waals surface area (Å²) < 4.78 is 39.6. The van der Waals surface area contributed by atoms with E-state index in [9.17, 15) is 0 Å². The van der Waals surface area contributed by atoms with E-state index in [1.165, 1.54) is 159 Å². The van der Waals surface area contributed by atoms with Gasteiger partial charge in [-0.1, -0.05) is 392 Å². The van der Waals surface area contributed by atoms with E-state index in [1.54, 1.807) is 0 Å². The number of nitrogens with zero attached hydrogens (tertiary/aromatic N) is 1. The zero-order valence-electron chi connectivity index (χ0n) is 80.6. The highest BCUT2D eigenvalue weighted by atomic mass is 16.5. The quantitative estimate of drug-likeness (QED) is 0.141. The number of hydrogen-bond acceptors (Lipinski definition) is 6. The van der Waals surface area contributed by atoms with Crippen molar-refractivity contribution in [2.75, 3.05) is 0 Å². The summed E-state index contributed by atoms with van der Waals surface area (Å²) in [6.07, 6.45) is 0. The topological polar surface area (TPSA) is 67.6 Å². The maximum absolute atomic E-state index is 6.42. The van der Waals surface area contributed by atoms with Crippen LogP contribution in [0.25, 0.3) is 126 Å². The van der Waals surface area contributed by atoms with Gasteiger partial charge in [-0.15, -0.1) is 0 Å². The lowest BCUT2D eigenvalue weighted by Crippen LogP contribution is -2.57. The van der Waals surface area contributed by atoms with E-state index >= 15 is 0 Å². The van der Waals surface area contributed by atoms with Gasteiger partial charge in [0.05, 0.1) is 16.6 Å². The average Bonchev–Trinajstić information content (AvgIpc) is 1.16. The maximum Gasteiger partial charge on any atom is 0.260 e. The molecule has 0 spiro atoms. The first-order valence-electron chi connectivity index (χ1n) is 47.6. The molecule has 8 heterocycles. The summed E-state index contributed by atoms with van der Waals surface area (Å²) in [6.45, 7) is 40.7. The van der Waals surface area contributed by atoms with Crippen LogP contribution in [0.3, 0.4) is 0 Å². The van der Waals surface area contributed by atoms with E-state index in [1.807, 2.05) is 60.7 Å². The zero-order valence-corrected chi connectivity index (χ0v) is 80.6. The Kier molecular flexibility index (Phi) is 21.5. The summed E-state index contributed by atoms with van der Waals surface area (Å²) in [6, 6.07) is 127. The van der Waals surface area contributed by atoms with Gasteiger partial charge in [-0.05, 0) is 218 Å². The number of rotatable bonds is 0. The minimum atomic E-state index is -0.00182. The molecule has 4 aliphatic heterocycles. The molecule has 0 amide bonds. The molecule has 0 N–H and O–H groups in total. The van der Waals surface area contributed by atoms with Crippen molar-refractivity contribution in [3.8, 4) is 90.5 Å². The molecular formula is C126H113B2NO6. The Morgan fingerprint density at radius 2 is 0.578 bits per heavy atom.